The fraction of sp³-hybridized carbons (Fsp3) is 0.406. The zero-order chi connectivity index (χ0) is 26.0. The third-order valence-corrected chi connectivity index (χ3v) is 7.12. The Morgan fingerprint density at radius 3 is 2.22 bits per heavy atom. The third-order valence-electron chi connectivity index (χ3n) is 7.12. The lowest BCUT2D eigenvalue weighted by Crippen LogP contribution is -2.33. The van der Waals surface area contributed by atoms with Crippen molar-refractivity contribution in [3.05, 3.63) is 93.5 Å². The van der Waals surface area contributed by atoms with Crippen molar-refractivity contribution in [1.29, 1.82) is 0 Å². The highest BCUT2D eigenvalue weighted by atomic mass is 16.6. The molecular formula is C32H39NO3. The molecule has 0 aliphatic carbocycles. The van der Waals surface area contributed by atoms with Crippen LogP contribution in [0.2, 0.25) is 0 Å². The van der Waals surface area contributed by atoms with Crippen LogP contribution in [0.4, 0.5) is 0 Å². The first-order chi connectivity index (χ1) is 17.1. The zero-order valence-electron chi connectivity index (χ0n) is 22.8. The second kappa shape index (κ2) is 10.6. The normalized spacial score (nSPS) is 14.9. The summed E-state index contributed by atoms with van der Waals surface area (Å²) in [6.07, 6.45) is 0.150. The topological polar surface area (TPSA) is 38.8 Å². The molecule has 0 radical (unpaired) electrons. The summed E-state index contributed by atoms with van der Waals surface area (Å²) >= 11 is 0. The molecule has 36 heavy (non-hydrogen) atoms. The number of hydrogen-bond donors (Lipinski definition) is 0. The Labute approximate surface area is 216 Å². The molecule has 3 aromatic rings. The minimum absolute atomic E-state index is 0.359. The second-order valence-corrected chi connectivity index (χ2v) is 10.9. The number of ether oxygens (including phenoxy) is 2. The van der Waals surface area contributed by atoms with Crippen LogP contribution < -0.4 is 0 Å². The number of fused-ring (bicyclic) bond motifs is 1. The highest BCUT2D eigenvalue weighted by Crippen LogP contribution is 2.43. The summed E-state index contributed by atoms with van der Waals surface area (Å²) in [4.78, 5) is 15.7. The van der Waals surface area contributed by atoms with Crippen molar-refractivity contribution in [3.63, 3.8) is 0 Å². The van der Waals surface area contributed by atoms with Crippen LogP contribution in [0.3, 0.4) is 0 Å². The van der Waals surface area contributed by atoms with Gasteiger partial charge in [0.1, 0.15) is 0 Å². The number of carbonyl (C=O) groups excluding carboxylic acids is 1. The number of rotatable bonds is 6. The van der Waals surface area contributed by atoms with Crippen molar-refractivity contribution in [2.45, 2.75) is 72.8 Å². The van der Waals surface area contributed by atoms with E-state index >= 15 is 0 Å². The largest absolute Gasteiger partial charge is 0.467 e. The highest BCUT2D eigenvalue weighted by molar-refractivity contribution is 5.85. The van der Waals surface area contributed by atoms with E-state index in [1.54, 1.807) is 0 Å². The van der Waals surface area contributed by atoms with Crippen molar-refractivity contribution in [3.8, 4) is 11.1 Å². The Bertz CT molecular complexity index is 1220. The molecule has 190 valence electrons. The Kier molecular flexibility index (Phi) is 7.67. The van der Waals surface area contributed by atoms with Crippen LogP contribution in [0.25, 0.3) is 11.1 Å². The molecule has 0 saturated heterocycles. The average Bonchev–Trinajstić information content (AvgIpc) is 2.85. The van der Waals surface area contributed by atoms with E-state index in [-0.39, 0.29) is 5.97 Å². The van der Waals surface area contributed by atoms with E-state index in [9.17, 15) is 4.79 Å². The first kappa shape index (κ1) is 26.1. The monoisotopic (exact) mass is 485 g/mol. The predicted molar refractivity (Wildman–Crippen MR) is 146 cm³/mol. The molecule has 0 bridgehead atoms. The molecule has 0 spiro atoms. The molecule has 4 nitrogen and oxygen atoms in total. The number of methoxy groups -OCH3 is 1. The summed E-state index contributed by atoms with van der Waals surface area (Å²) in [7, 11) is 1.44. The molecule has 0 fully saturated rings. The number of hydrogen-bond acceptors (Lipinski definition) is 4. The molecule has 0 N–H and O–H groups in total. The van der Waals surface area contributed by atoms with Gasteiger partial charge < -0.3 is 9.47 Å². The molecule has 0 unspecified atom stereocenters. The van der Waals surface area contributed by atoms with Crippen LogP contribution in [0, 0.1) is 20.8 Å². The lowest BCUT2D eigenvalue weighted by molar-refractivity contribution is -0.164. The van der Waals surface area contributed by atoms with Crippen molar-refractivity contribution >= 4 is 5.97 Å². The van der Waals surface area contributed by atoms with Gasteiger partial charge in [-0.1, -0.05) is 60.2 Å². The molecule has 4 heteroatoms. The van der Waals surface area contributed by atoms with E-state index < -0.39 is 11.7 Å². The van der Waals surface area contributed by atoms with E-state index in [1.165, 1.54) is 34.9 Å². The summed E-state index contributed by atoms with van der Waals surface area (Å²) in [6.45, 7) is 15.2. The number of esters is 1. The van der Waals surface area contributed by atoms with Gasteiger partial charge in [0.15, 0.2) is 6.10 Å². The van der Waals surface area contributed by atoms with Crippen LogP contribution in [0.1, 0.15) is 65.8 Å². The average molecular weight is 486 g/mol. The second-order valence-electron chi connectivity index (χ2n) is 10.9. The van der Waals surface area contributed by atoms with Gasteiger partial charge in [-0.2, -0.15) is 0 Å². The van der Waals surface area contributed by atoms with Gasteiger partial charge in [-0.25, -0.2) is 4.79 Å². The highest BCUT2D eigenvalue weighted by Gasteiger charge is 2.35. The van der Waals surface area contributed by atoms with E-state index in [2.05, 4.69) is 80.3 Å². The third kappa shape index (κ3) is 5.55. The Hall–Kier alpha value is -2.95. The fourth-order valence-electron chi connectivity index (χ4n) is 5.36. The predicted octanol–water partition coefficient (Wildman–Crippen LogP) is 6.87. The van der Waals surface area contributed by atoms with E-state index in [4.69, 9.17) is 9.47 Å². The standard InChI is InChI=1S/C32H39NO3/c1-21-13-15-25(16-14-21)28-23(3)27-20-33(19-24-11-9-8-10-12-24)18-17-26(27)22(2)29(28)30(31(34)35-7)36-32(4,5)6/h8-16,30H,17-20H2,1-7H3/t30-/m0/s1. The molecule has 0 amide bonds. The SMILES string of the molecule is COC(=O)[C@@H](OC(C)(C)C)c1c(C)c2c(c(C)c1-c1ccc(C)cc1)CN(Cc1ccccc1)CC2. The van der Waals surface area contributed by atoms with Gasteiger partial charge in [0.2, 0.25) is 0 Å². The van der Waals surface area contributed by atoms with Crippen LogP contribution in [-0.4, -0.2) is 30.1 Å². The first-order valence-corrected chi connectivity index (χ1v) is 12.8. The van der Waals surface area contributed by atoms with Crippen molar-refractivity contribution < 1.29 is 14.3 Å². The molecule has 3 aromatic carbocycles. The number of carbonyl (C=O) groups is 1. The number of benzene rings is 3. The minimum Gasteiger partial charge on any atom is -0.467 e. The maximum Gasteiger partial charge on any atom is 0.339 e. The summed E-state index contributed by atoms with van der Waals surface area (Å²) in [6, 6.07) is 19.2. The van der Waals surface area contributed by atoms with E-state index in [0.717, 1.165) is 48.3 Å². The lowest BCUT2D eigenvalue weighted by Gasteiger charge is -2.35. The van der Waals surface area contributed by atoms with Gasteiger partial charge in [-0.15, -0.1) is 0 Å². The molecule has 0 saturated carbocycles. The molecule has 1 aliphatic heterocycles. The summed E-state index contributed by atoms with van der Waals surface area (Å²) < 4.78 is 11.7. The molecule has 4 rings (SSSR count). The van der Waals surface area contributed by atoms with Crippen molar-refractivity contribution in [2.75, 3.05) is 13.7 Å². The summed E-state index contributed by atoms with van der Waals surface area (Å²) in [5.41, 5.74) is 10.2. The number of nitrogens with zero attached hydrogens (tertiary/aromatic N) is 1. The maximum absolute atomic E-state index is 13.2. The van der Waals surface area contributed by atoms with Gasteiger partial charge >= 0.3 is 5.97 Å². The van der Waals surface area contributed by atoms with E-state index in [0.29, 0.717) is 0 Å². The van der Waals surface area contributed by atoms with Crippen LogP contribution >= 0.6 is 0 Å². The summed E-state index contributed by atoms with van der Waals surface area (Å²) in [5, 5.41) is 0. The van der Waals surface area contributed by atoms with Gasteiger partial charge in [0, 0.05) is 25.2 Å². The van der Waals surface area contributed by atoms with Crippen LogP contribution in [-0.2, 0) is 33.8 Å². The van der Waals surface area contributed by atoms with Gasteiger partial charge in [0.05, 0.1) is 12.7 Å². The number of aryl methyl sites for hydroxylation is 1. The van der Waals surface area contributed by atoms with Crippen LogP contribution in [0.15, 0.2) is 54.6 Å². The first-order valence-electron chi connectivity index (χ1n) is 12.8. The van der Waals surface area contributed by atoms with Crippen LogP contribution in [0.5, 0.6) is 0 Å². The van der Waals surface area contributed by atoms with Gasteiger partial charge in [-0.3, -0.25) is 4.90 Å². The fourth-order valence-corrected chi connectivity index (χ4v) is 5.36. The maximum atomic E-state index is 13.2. The van der Waals surface area contributed by atoms with Crippen molar-refractivity contribution in [1.82, 2.24) is 4.90 Å². The van der Waals surface area contributed by atoms with E-state index in [1.807, 2.05) is 20.8 Å². The molecule has 1 aliphatic rings. The lowest BCUT2D eigenvalue weighted by atomic mass is 9.80. The Balaban J connectivity index is 1.88. The molecule has 1 atom stereocenters. The molecule has 1 heterocycles. The zero-order valence-corrected chi connectivity index (χ0v) is 22.8. The minimum atomic E-state index is -0.794. The van der Waals surface area contributed by atoms with Gasteiger partial charge in [-0.05, 0) is 86.9 Å². The summed E-state index contributed by atoms with van der Waals surface area (Å²) in [5.74, 6) is -0.359. The van der Waals surface area contributed by atoms with Gasteiger partial charge in [0.25, 0.3) is 0 Å². The molecule has 0 aromatic heterocycles. The van der Waals surface area contributed by atoms with Crippen molar-refractivity contribution in [2.24, 2.45) is 0 Å². The molecular weight excluding hydrogens is 446 g/mol. The Morgan fingerprint density at radius 1 is 0.944 bits per heavy atom. The smallest absolute Gasteiger partial charge is 0.339 e. The quantitative estimate of drug-likeness (QED) is 0.357. The Morgan fingerprint density at radius 2 is 1.61 bits per heavy atom.